The Bertz CT molecular complexity index is 184. The Morgan fingerprint density at radius 3 is 2.33 bits per heavy atom. The Hall–Kier alpha value is -0.570. The van der Waals surface area contributed by atoms with E-state index in [4.69, 9.17) is 5.11 Å². The lowest BCUT2D eigenvalue weighted by atomic mass is 9.88. The summed E-state index contributed by atoms with van der Waals surface area (Å²) >= 11 is 0. The fourth-order valence-electron chi connectivity index (χ4n) is 1.61. The van der Waals surface area contributed by atoms with Crippen molar-refractivity contribution >= 4 is 5.97 Å². The maximum atomic E-state index is 10.8. The first-order valence-electron chi connectivity index (χ1n) is 4.42. The zero-order chi connectivity index (χ0) is 9.35. The highest BCUT2D eigenvalue weighted by atomic mass is 16.4. The van der Waals surface area contributed by atoms with Crippen LogP contribution < -0.4 is 0 Å². The van der Waals surface area contributed by atoms with Gasteiger partial charge in [-0.25, -0.2) is 4.79 Å². The van der Waals surface area contributed by atoms with Crippen LogP contribution in [0.4, 0.5) is 0 Å². The summed E-state index contributed by atoms with van der Waals surface area (Å²) in [6, 6.07) is 0. The van der Waals surface area contributed by atoms with Crippen molar-refractivity contribution in [2.45, 2.75) is 38.7 Å². The molecule has 1 aliphatic rings. The molecule has 1 saturated carbocycles. The molecule has 1 unspecified atom stereocenters. The second kappa shape index (κ2) is 3.05. The van der Waals surface area contributed by atoms with Crippen LogP contribution in [-0.4, -0.2) is 21.8 Å². The molecular weight excluding hydrogens is 156 g/mol. The van der Waals surface area contributed by atoms with Crippen LogP contribution in [0.25, 0.3) is 0 Å². The summed E-state index contributed by atoms with van der Waals surface area (Å²) in [7, 11) is 0. The lowest BCUT2D eigenvalue weighted by Gasteiger charge is -2.24. The predicted molar refractivity (Wildman–Crippen MR) is 44.8 cm³/mol. The molecule has 3 nitrogen and oxygen atoms in total. The SMILES string of the molecule is CC(C)CC(O)(C(=O)O)C1CC1. The van der Waals surface area contributed by atoms with E-state index in [0.29, 0.717) is 6.42 Å². The molecule has 1 atom stereocenters. The standard InChI is InChI=1S/C9H16O3/c1-6(2)5-9(12,8(10)11)7-3-4-7/h6-7,12H,3-5H2,1-2H3,(H,10,11). The van der Waals surface area contributed by atoms with Gasteiger partial charge in [0.2, 0.25) is 0 Å². The van der Waals surface area contributed by atoms with E-state index in [-0.39, 0.29) is 11.8 Å². The molecule has 0 aliphatic heterocycles. The molecule has 12 heavy (non-hydrogen) atoms. The lowest BCUT2D eigenvalue weighted by Crippen LogP contribution is -2.42. The summed E-state index contributed by atoms with van der Waals surface area (Å²) in [4.78, 5) is 10.8. The molecule has 0 aromatic carbocycles. The summed E-state index contributed by atoms with van der Waals surface area (Å²) < 4.78 is 0. The van der Waals surface area contributed by atoms with Crippen LogP contribution in [0.1, 0.15) is 33.1 Å². The van der Waals surface area contributed by atoms with Gasteiger partial charge in [0.15, 0.2) is 5.60 Å². The topological polar surface area (TPSA) is 57.5 Å². The minimum atomic E-state index is -1.45. The monoisotopic (exact) mass is 172 g/mol. The third kappa shape index (κ3) is 1.78. The molecule has 1 rings (SSSR count). The summed E-state index contributed by atoms with van der Waals surface area (Å²) in [5.41, 5.74) is -1.45. The van der Waals surface area contributed by atoms with E-state index in [1.165, 1.54) is 0 Å². The van der Waals surface area contributed by atoms with Gasteiger partial charge in [-0.15, -0.1) is 0 Å². The van der Waals surface area contributed by atoms with E-state index in [0.717, 1.165) is 12.8 Å². The van der Waals surface area contributed by atoms with Crippen LogP contribution in [0.3, 0.4) is 0 Å². The minimum Gasteiger partial charge on any atom is -0.479 e. The van der Waals surface area contributed by atoms with Crippen LogP contribution in [0.15, 0.2) is 0 Å². The first kappa shape index (κ1) is 9.52. The molecular formula is C9H16O3. The molecule has 70 valence electrons. The molecule has 3 heteroatoms. The van der Waals surface area contributed by atoms with Gasteiger partial charge in [0.1, 0.15) is 0 Å². The fraction of sp³-hybridized carbons (Fsp3) is 0.889. The molecule has 1 aliphatic carbocycles. The summed E-state index contributed by atoms with van der Waals surface area (Å²) in [6.45, 7) is 3.85. The predicted octanol–water partition coefficient (Wildman–Crippen LogP) is 1.26. The van der Waals surface area contributed by atoms with Crippen LogP contribution in [0.5, 0.6) is 0 Å². The highest BCUT2D eigenvalue weighted by Gasteiger charge is 2.49. The largest absolute Gasteiger partial charge is 0.479 e. The van der Waals surface area contributed by atoms with Crippen LogP contribution in [0.2, 0.25) is 0 Å². The maximum Gasteiger partial charge on any atom is 0.335 e. The number of aliphatic carboxylic acids is 1. The normalized spacial score (nSPS) is 22.3. The minimum absolute atomic E-state index is 0.00241. The van der Waals surface area contributed by atoms with E-state index >= 15 is 0 Å². The van der Waals surface area contributed by atoms with Crippen LogP contribution in [0, 0.1) is 11.8 Å². The van der Waals surface area contributed by atoms with E-state index in [1.807, 2.05) is 13.8 Å². The first-order valence-corrected chi connectivity index (χ1v) is 4.42. The van der Waals surface area contributed by atoms with E-state index in [2.05, 4.69) is 0 Å². The second-order valence-electron chi connectivity index (χ2n) is 4.10. The molecule has 0 radical (unpaired) electrons. The molecule has 0 bridgehead atoms. The molecule has 0 spiro atoms. The summed E-state index contributed by atoms with van der Waals surface area (Å²) in [5.74, 6) is -0.831. The van der Waals surface area contributed by atoms with Crippen LogP contribution >= 0.6 is 0 Å². The number of hydrogen-bond donors (Lipinski definition) is 2. The van der Waals surface area contributed by atoms with Crippen molar-refractivity contribution < 1.29 is 15.0 Å². The molecule has 1 fully saturated rings. The fourth-order valence-corrected chi connectivity index (χ4v) is 1.61. The second-order valence-corrected chi connectivity index (χ2v) is 4.10. The van der Waals surface area contributed by atoms with E-state index in [9.17, 15) is 9.90 Å². The Morgan fingerprint density at radius 1 is 1.58 bits per heavy atom. The summed E-state index contributed by atoms with van der Waals surface area (Å²) in [5, 5.41) is 18.6. The van der Waals surface area contributed by atoms with Crippen LogP contribution in [-0.2, 0) is 4.79 Å². The van der Waals surface area contributed by atoms with Crippen molar-refractivity contribution in [2.75, 3.05) is 0 Å². The van der Waals surface area contributed by atoms with Crippen molar-refractivity contribution in [3.05, 3.63) is 0 Å². The van der Waals surface area contributed by atoms with Gasteiger partial charge in [0.05, 0.1) is 0 Å². The number of carboxylic acids is 1. The number of rotatable bonds is 4. The van der Waals surface area contributed by atoms with Gasteiger partial charge in [0, 0.05) is 0 Å². The van der Waals surface area contributed by atoms with Gasteiger partial charge >= 0.3 is 5.97 Å². The van der Waals surface area contributed by atoms with Gasteiger partial charge in [-0.1, -0.05) is 13.8 Å². The van der Waals surface area contributed by atoms with Crippen molar-refractivity contribution in [1.82, 2.24) is 0 Å². The molecule has 0 aromatic heterocycles. The summed E-state index contributed by atoms with van der Waals surface area (Å²) in [6.07, 6.45) is 2.08. The zero-order valence-electron chi connectivity index (χ0n) is 7.58. The third-order valence-corrected chi connectivity index (χ3v) is 2.34. The smallest absolute Gasteiger partial charge is 0.335 e. The van der Waals surface area contributed by atoms with E-state index in [1.54, 1.807) is 0 Å². The van der Waals surface area contributed by atoms with E-state index < -0.39 is 11.6 Å². The molecule has 0 heterocycles. The highest BCUT2D eigenvalue weighted by molar-refractivity contribution is 5.78. The zero-order valence-corrected chi connectivity index (χ0v) is 7.58. The van der Waals surface area contributed by atoms with Gasteiger partial charge < -0.3 is 10.2 Å². The molecule has 0 amide bonds. The number of carbonyl (C=O) groups is 1. The number of aliphatic hydroxyl groups is 1. The first-order chi connectivity index (χ1) is 5.47. The number of hydrogen-bond acceptors (Lipinski definition) is 2. The van der Waals surface area contributed by atoms with Crippen molar-refractivity contribution in [2.24, 2.45) is 11.8 Å². The van der Waals surface area contributed by atoms with Gasteiger partial charge in [-0.3, -0.25) is 0 Å². The quantitative estimate of drug-likeness (QED) is 0.671. The van der Waals surface area contributed by atoms with Crippen molar-refractivity contribution in [3.63, 3.8) is 0 Å². The van der Waals surface area contributed by atoms with Crippen molar-refractivity contribution in [1.29, 1.82) is 0 Å². The Labute approximate surface area is 72.4 Å². The Morgan fingerprint density at radius 2 is 2.08 bits per heavy atom. The lowest BCUT2D eigenvalue weighted by molar-refractivity contribution is -0.162. The average molecular weight is 172 g/mol. The highest BCUT2D eigenvalue weighted by Crippen LogP contribution is 2.42. The maximum absolute atomic E-state index is 10.8. The Kier molecular flexibility index (Phi) is 2.42. The molecule has 2 N–H and O–H groups in total. The van der Waals surface area contributed by atoms with Gasteiger partial charge in [-0.05, 0) is 31.1 Å². The molecule has 0 saturated heterocycles. The van der Waals surface area contributed by atoms with Gasteiger partial charge in [-0.2, -0.15) is 0 Å². The third-order valence-electron chi connectivity index (χ3n) is 2.34. The number of carboxylic acid groups (broad SMARTS) is 1. The van der Waals surface area contributed by atoms with Gasteiger partial charge in [0.25, 0.3) is 0 Å². The van der Waals surface area contributed by atoms with Crippen molar-refractivity contribution in [3.8, 4) is 0 Å². The average Bonchev–Trinajstić information content (AvgIpc) is 2.65. The Balaban J connectivity index is 2.64. The molecule has 0 aromatic rings.